The van der Waals surface area contributed by atoms with E-state index in [0.29, 0.717) is 18.8 Å². The van der Waals surface area contributed by atoms with Crippen LogP contribution in [0.25, 0.3) is 0 Å². The fourth-order valence-electron chi connectivity index (χ4n) is 2.91. The van der Waals surface area contributed by atoms with Crippen LogP contribution in [0.1, 0.15) is 15.9 Å². The lowest BCUT2D eigenvalue weighted by atomic mass is 10.1. The van der Waals surface area contributed by atoms with Crippen molar-refractivity contribution < 1.29 is 29.4 Å². The minimum atomic E-state index is -0.721. The van der Waals surface area contributed by atoms with Gasteiger partial charge in [0.1, 0.15) is 6.61 Å². The SMILES string of the molecule is COCCOC(=O)c1cc(Br)c(N=Nc2ccc(N(CCO)CCO)cc2C)c([N+](=O)[O-])c1. The second kappa shape index (κ2) is 12.9. The van der Waals surface area contributed by atoms with Gasteiger partial charge >= 0.3 is 5.97 Å². The Morgan fingerprint density at radius 2 is 1.85 bits per heavy atom. The second-order valence-electron chi connectivity index (χ2n) is 6.82. The van der Waals surface area contributed by atoms with Crippen LogP contribution < -0.4 is 4.90 Å². The van der Waals surface area contributed by atoms with E-state index in [1.807, 2.05) is 11.0 Å². The lowest BCUT2D eigenvalue weighted by molar-refractivity contribution is -0.384. The van der Waals surface area contributed by atoms with Crippen LogP contribution in [-0.2, 0) is 9.47 Å². The van der Waals surface area contributed by atoms with Gasteiger partial charge in [0.05, 0.1) is 40.5 Å². The molecule has 0 aliphatic rings. The summed E-state index contributed by atoms with van der Waals surface area (Å²) in [5.41, 5.74) is 1.57. The van der Waals surface area contributed by atoms with Crippen LogP contribution in [0.4, 0.5) is 22.7 Å². The number of nitrogens with zero attached hydrogens (tertiary/aromatic N) is 4. The molecule has 178 valence electrons. The molecule has 2 rings (SSSR count). The first-order valence-corrected chi connectivity index (χ1v) is 10.7. The number of halogens is 1. The molecule has 0 atom stereocenters. The largest absolute Gasteiger partial charge is 0.460 e. The van der Waals surface area contributed by atoms with Crippen LogP contribution >= 0.6 is 15.9 Å². The molecule has 0 aromatic heterocycles. The first kappa shape index (κ1) is 26.3. The molecule has 0 radical (unpaired) electrons. The summed E-state index contributed by atoms with van der Waals surface area (Å²) in [4.78, 5) is 24.9. The Balaban J connectivity index is 2.33. The van der Waals surface area contributed by atoms with Crippen molar-refractivity contribution in [3.63, 3.8) is 0 Å². The van der Waals surface area contributed by atoms with E-state index in [1.165, 1.54) is 13.2 Å². The minimum absolute atomic E-state index is 0.00276. The van der Waals surface area contributed by atoms with Gasteiger partial charge in [0, 0.05) is 32.0 Å². The predicted octanol–water partition coefficient (Wildman–Crippen LogP) is 3.68. The number of anilines is 1. The number of aliphatic hydroxyl groups is 2. The van der Waals surface area contributed by atoms with Gasteiger partial charge < -0.3 is 24.6 Å². The average Bonchev–Trinajstić information content (AvgIpc) is 2.78. The highest BCUT2D eigenvalue weighted by Gasteiger charge is 2.22. The van der Waals surface area contributed by atoms with E-state index < -0.39 is 16.6 Å². The summed E-state index contributed by atoms with van der Waals surface area (Å²) in [7, 11) is 1.46. The first-order valence-electron chi connectivity index (χ1n) is 9.95. The quantitative estimate of drug-likeness (QED) is 0.140. The summed E-state index contributed by atoms with van der Waals surface area (Å²) in [5, 5.41) is 38.2. The third kappa shape index (κ3) is 7.29. The number of rotatable bonds is 12. The lowest BCUT2D eigenvalue weighted by Crippen LogP contribution is -2.29. The number of benzene rings is 2. The number of esters is 1. The Morgan fingerprint density at radius 3 is 2.42 bits per heavy atom. The Kier molecular flexibility index (Phi) is 10.3. The van der Waals surface area contributed by atoms with Crippen molar-refractivity contribution in [3.8, 4) is 0 Å². The number of azo groups is 1. The maximum atomic E-state index is 12.2. The third-order valence-corrected chi connectivity index (χ3v) is 5.14. The molecule has 0 heterocycles. The number of hydrogen-bond acceptors (Lipinski definition) is 10. The highest BCUT2D eigenvalue weighted by atomic mass is 79.9. The van der Waals surface area contributed by atoms with Gasteiger partial charge in [0.2, 0.25) is 0 Å². The number of hydrogen-bond donors (Lipinski definition) is 2. The molecule has 0 aliphatic heterocycles. The monoisotopic (exact) mass is 524 g/mol. The molecule has 2 aromatic carbocycles. The summed E-state index contributed by atoms with van der Waals surface area (Å²) >= 11 is 3.23. The molecule has 0 amide bonds. The van der Waals surface area contributed by atoms with Gasteiger partial charge in [0.25, 0.3) is 5.69 Å². The molecular weight excluding hydrogens is 500 g/mol. The molecule has 11 nitrogen and oxygen atoms in total. The Hall–Kier alpha value is -2.93. The number of carbonyl (C=O) groups excluding carboxylic acids is 1. The molecule has 2 N–H and O–H groups in total. The molecule has 0 saturated carbocycles. The van der Waals surface area contributed by atoms with Crippen LogP contribution in [0, 0.1) is 17.0 Å². The zero-order valence-electron chi connectivity index (χ0n) is 18.2. The molecule has 0 aliphatic carbocycles. The van der Waals surface area contributed by atoms with Crippen molar-refractivity contribution in [2.45, 2.75) is 6.92 Å². The fraction of sp³-hybridized carbons (Fsp3) is 0.381. The Bertz CT molecular complexity index is 1010. The normalized spacial score (nSPS) is 11.1. The van der Waals surface area contributed by atoms with Crippen LogP contribution in [0.2, 0.25) is 0 Å². The van der Waals surface area contributed by atoms with E-state index in [4.69, 9.17) is 9.47 Å². The van der Waals surface area contributed by atoms with Gasteiger partial charge in [-0.25, -0.2) is 4.79 Å². The maximum absolute atomic E-state index is 12.2. The van der Waals surface area contributed by atoms with Crippen molar-refractivity contribution in [3.05, 3.63) is 56.0 Å². The number of aliphatic hydroxyl groups excluding tert-OH is 2. The molecule has 12 heteroatoms. The number of aryl methyl sites for hydroxylation is 1. The van der Waals surface area contributed by atoms with Crippen LogP contribution in [0.3, 0.4) is 0 Å². The molecule has 0 saturated heterocycles. The smallest absolute Gasteiger partial charge is 0.338 e. The van der Waals surface area contributed by atoms with Crippen molar-refractivity contribution in [2.75, 3.05) is 51.5 Å². The van der Waals surface area contributed by atoms with E-state index in [1.54, 1.807) is 19.1 Å². The molecular formula is C21H25BrN4O7. The van der Waals surface area contributed by atoms with E-state index >= 15 is 0 Å². The number of nitro benzene ring substituents is 1. The lowest BCUT2D eigenvalue weighted by Gasteiger charge is -2.23. The van der Waals surface area contributed by atoms with Crippen LogP contribution in [-0.4, -0.2) is 67.7 Å². The van der Waals surface area contributed by atoms with Gasteiger partial charge in [0.15, 0.2) is 5.69 Å². The van der Waals surface area contributed by atoms with Crippen LogP contribution in [0.5, 0.6) is 0 Å². The Morgan fingerprint density at radius 1 is 1.15 bits per heavy atom. The van der Waals surface area contributed by atoms with E-state index in [9.17, 15) is 25.1 Å². The molecule has 0 unspecified atom stereocenters. The number of methoxy groups -OCH3 is 1. The maximum Gasteiger partial charge on any atom is 0.338 e. The van der Waals surface area contributed by atoms with Crippen molar-refractivity contribution in [1.29, 1.82) is 0 Å². The summed E-state index contributed by atoms with van der Waals surface area (Å²) in [6.07, 6.45) is 0. The number of carbonyl (C=O) groups is 1. The molecule has 0 spiro atoms. The van der Waals surface area contributed by atoms with Crippen molar-refractivity contribution in [2.24, 2.45) is 10.2 Å². The van der Waals surface area contributed by atoms with Gasteiger partial charge in [-0.05, 0) is 52.7 Å². The zero-order valence-corrected chi connectivity index (χ0v) is 19.8. The predicted molar refractivity (Wildman–Crippen MR) is 125 cm³/mol. The molecule has 0 bridgehead atoms. The molecule has 0 fully saturated rings. The molecule has 33 heavy (non-hydrogen) atoms. The van der Waals surface area contributed by atoms with Crippen molar-refractivity contribution >= 4 is 44.6 Å². The van der Waals surface area contributed by atoms with Gasteiger partial charge in [-0.3, -0.25) is 10.1 Å². The standard InChI is InChI=1S/C21H25BrN4O7/c1-14-11-16(25(5-7-27)6-8-28)3-4-18(14)23-24-20-17(22)12-15(13-19(20)26(30)31)21(29)33-10-9-32-2/h3-4,11-13,27-28H,5-10H2,1-2H3. The fourth-order valence-corrected chi connectivity index (χ4v) is 3.43. The van der Waals surface area contributed by atoms with Gasteiger partial charge in [-0.2, -0.15) is 0 Å². The van der Waals surface area contributed by atoms with Gasteiger partial charge in [-0.15, -0.1) is 10.2 Å². The second-order valence-corrected chi connectivity index (χ2v) is 7.67. The van der Waals surface area contributed by atoms with E-state index in [2.05, 4.69) is 26.2 Å². The highest BCUT2D eigenvalue weighted by Crippen LogP contribution is 2.38. The summed E-state index contributed by atoms with van der Waals surface area (Å²) < 4.78 is 10.0. The van der Waals surface area contributed by atoms with Crippen molar-refractivity contribution in [1.82, 2.24) is 0 Å². The number of ether oxygens (including phenoxy) is 2. The average molecular weight is 525 g/mol. The third-order valence-electron chi connectivity index (χ3n) is 4.54. The summed E-state index contributed by atoms with van der Waals surface area (Å²) in [6.45, 7) is 2.63. The molecule has 2 aromatic rings. The van der Waals surface area contributed by atoms with Crippen LogP contribution in [0.15, 0.2) is 45.0 Å². The van der Waals surface area contributed by atoms with E-state index in [0.717, 1.165) is 17.3 Å². The Labute approximate surface area is 198 Å². The first-order chi connectivity index (χ1) is 15.8. The number of nitro groups is 1. The minimum Gasteiger partial charge on any atom is -0.460 e. The topological polar surface area (TPSA) is 147 Å². The van der Waals surface area contributed by atoms with E-state index in [-0.39, 0.29) is 42.2 Å². The summed E-state index contributed by atoms with van der Waals surface area (Å²) in [5.74, 6) is -0.721. The summed E-state index contributed by atoms with van der Waals surface area (Å²) in [6, 6.07) is 7.74. The van der Waals surface area contributed by atoms with Gasteiger partial charge in [-0.1, -0.05) is 0 Å². The zero-order chi connectivity index (χ0) is 24.4. The highest BCUT2D eigenvalue weighted by molar-refractivity contribution is 9.10.